The van der Waals surface area contributed by atoms with Crippen molar-refractivity contribution < 1.29 is 9.90 Å². The minimum Gasteiger partial charge on any atom is -0.392 e. The second-order valence-electron chi connectivity index (χ2n) is 11.2. The minimum absolute atomic E-state index is 0.207. The van der Waals surface area contributed by atoms with E-state index in [1.807, 2.05) is 4.90 Å². The van der Waals surface area contributed by atoms with E-state index in [4.69, 9.17) is 0 Å². The third-order valence-electron chi connectivity index (χ3n) is 7.97. The lowest BCUT2D eigenvalue weighted by atomic mass is 9.87. The molecule has 2 saturated heterocycles. The summed E-state index contributed by atoms with van der Waals surface area (Å²) in [6, 6.07) is 11.2. The van der Waals surface area contributed by atoms with E-state index in [9.17, 15) is 9.90 Å². The van der Waals surface area contributed by atoms with E-state index < -0.39 is 0 Å². The second kappa shape index (κ2) is 10.3. The number of carbonyl (C=O) groups is 1. The Balaban J connectivity index is 1.32. The molecule has 0 saturated carbocycles. The first-order valence-corrected chi connectivity index (χ1v) is 13.6. The van der Waals surface area contributed by atoms with Gasteiger partial charge in [0.1, 0.15) is 0 Å². The van der Waals surface area contributed by atoms with E-state index in [-0.39, 0.29) is 12.0 Å². The Labute approximate surface area is 214 Å². The number of fused-ring (bicyclic) bond motifs is 1. The first-order chi connectivity index (χ1) is 17.3. The Morgan fingerprint density at radius 2 is 1.81 bits per heavy atom. The lowest BCUT2D eigenvalue weighted by molar-refractivity contribution is -0.134. The molecule has 1 atom stereocenters. The maximum absolute atomic E-state index is 12.9. The van der Waals surface area contributed by atoms with Gasteiger partial charge >= 0.3 is 0 Å². The second-order valence-corrected chi connectivity index (χ2v) is 11.2. The van der Waals surface area contributed by atoms with Gasteiger partial charge in [0.25, 0.3) is 0 Å². The number of aliphatic hydroxyl groups is 1. The van der Waals surface area contributed by atoms with E-state index in [2.05, 4.69) is 72.9 Å². The predicted octanol–water partition coefficient (Wildman–Crippen LogP) is 5.13. The summed E-state index contributed by atoms with van der Waals surface area (Å²) in [7, 11) is 0. The average Bonchev–Trinajstić information content (AvgIpc) is 3.23. The summed E-state index contributed by atoms with van der Waals surface area (Å²) >= 11 is 0. The molecule has 0 aliphatic carbocycles. The molecule has 5 rings (SSSR count). The quantitative estimate of drug-likeness (QED) is 0.522. The van der Waals surface area contributed by atoms with Crippen molar-refractivity contribution >= 4 is 16.8 Å². The first-order valence-electron chi connectivity index (χ1n) is 13.6. The number of benzene rings is 1. The van der Waals surface area contributed by atoms with Gasteiger partial charge in [-0.15, -0.1) is 0 Å². The highest BCUT2D eigenvalue weighted by Crippen LogP contribution is 2.38. The third-order valence-corrected chi connectivity index (χ3v) is 7.97. The predicted molar refractivity (Wildman–Crippen MR) is 145 cm³/mol. The van der Waals surface area contributed by atoms with Gasteiger partial charge in [-0.1, -0.05) is 19.9 Å². The van der Waals surface area contributed by atoms with Crippen LogP contribution in [0.25, 0.3) is 22.2 Å². The summed E-state index contributed by atoms with van der Waals surface area (Å²) in [4.78, 5) is 25.3. The molecule has 2 aromatic heterocycles. The molecule has 0 radical (unpaired) electrons. The number of nitrogens with one attached hydrogen (secondary N) is 1. The molecule has 1 unspecified atom stereocenters. The zero-order valence-corrected chi connectivity index (χ0v) is 22.2. The highest BCUT2D eigenvalue weighted by Gasteiger charge is 2.27. The maximum atomic E-state index is 12.9. The summed E-state index contributed by atoms with van der Waals surface area (Å²) in [5.74, 6) is 1.07. The molecule has 192 valence electrons. The fraction of sp³-hybridized carbons (Fsp3) is 0.533. The lowest BCUT2D eigenvalue weighted by Crippen LogP contribution is -2.47. The van der Waals surface area contributed by atoms with Gasteiger partial charge in [-0.05, 0) is 93.3 Å². The van der Waals surface area contributed by atoms with Gasteiger partial charge in [-0.25, -0.2) is 0 Å². The molecule has 2 aliphatic rings. The number of β-amino-alcohol motifs (C(OH)–C–C–N with tert-alkyl or cyclic N) is 1. The molecule has 4 heterocycles. The molecule has 6 heteroatoms. The average molecular weight is 489 g/mol. The molecule has 2 N–H and O–H groups in total. The summed E-state index contributed by atoms with van der Waals surface area (Å²) in [6.07, 6.45) is 3.53. The highest BCUT2D eigenvalue weighted by atomic mass is 16.3. The number of pyridine rings is 1. The van der Waals surface area contributed by atoms with Crippen LogP contribution in [-0.2, 0) is 4.79 Å². The van der Waals surface area contributed by atoms with Gasteiger partial charge in [0.2, 0.25) is 5.91 Å². The van der Waals surface area contributed by atoms with E-state index in [1.165, 1.54) is 33.3 Å². The molecule has 0 spiro atoms. The molecule has 1 amide bonds. The fourth-order valence-corrected chi connectivity index (χ4v) is 6.22. The van der Waals surface area contributed by atoms with Crippen LogP contribution in [0.15, 0.2) is 30.3 Å². The van der Waals surface area contributed by atoms with Gasteiger partial charge in [0.15, 0.2) is 0 Å². The van der Waals surface area contributed by atoms with Crippen molar-refractivity contribution in [1.82, 2.24) is 19.8 Å². The highest BCUT2D eigenvalue weighted by molar-refractivity contribution is 5.92. The van der Waals surface area contributed by atoms with Crippen molar-refractivity contribution in [3.05, 3.63) is 52.8 Å². The van der Waals surface area contributed by atoms with Crippen molar-refractivity contribution in [2.24, 2.45) is 0 Å². The number of nitrogens with zero attached hydrogens (tertiary/aromatic N) is 3. The number of hydrogen-bond donors (Lipinski definition) is 2. The van der Waals surface area contributed by atoms with E-state index >= 15 is 0 Å². The number of aryl methyl sites for hydroxylation is 2. The molecule has 3 aromatic rings. The van der Waals surface area contributed by atoms with Crippen molar-refractivity contribution in [2.45, 2.75) is 71.3 Å². The lowest BCUT2D eigenvalue weighted by Gasteiger charge is -2.35. The first kappa shape index (κ1) is 25.0. The molecular formula is C30H40N4O2. The summed E-state index contributed by atoms with van der Waals surface area (Å²) in [5.41, 5.74) is 8.41. The van der Waals surface area contributed by atoms with Gasteiger partial charge in [0, 0.05) is 47.5 Å². The monoisotopic (exact) mass is 488 g/mol. The van der Waals surface area contributed by atoms with Gasteiger partial charge in [-0.3, -0.25) is 14.7 Å². The van der Waals surface area contributed by atoms with Gasteiger partial charge in [-0.2, -0.15) is 0 Å². The minimum atomic E-state index is -0.288. The van der Waals surface area contributed by atoms with E-state index in [0.29, 0.717) is 24.9 Å². The topological polar surface area (TPSA) is 72.5 Å². The number of aliphatic hydroxyl groups excluding tert-OH is 1. The normalized spacial score (nSPS) is 19.9. The maximum Gasteiger partial charge on any atom is 0.236 e. The third kappa shape index (κ3) is 5.21. The molecule has 1 aromatic carbocycles. The van der Waals surface area contributed by atoms with Crippen LogP contribution in [0.1, 0.15) is 73.9 Å². The van der Waals surface area contributed by atoms with Crippen LogP contribution in [0, 0.1) is 13.8 Å². The molecular weight excluding hydrogens is 448 g/mol. The summed E-state index contributed by atoms with van der Waals surface area (Å²) in [6.45, 7) is 12.2. The smallest absolute Gasteiger partial charge is 0.236 e. The molecule has 2 fully saturated rings. The van der Waals surface area contributed by atoms with Crippen LogP contribution < -0.4 is 0 Å². The Morgan fingerprint density at radius 1 is 1.08 bits per heavy atom. The number of amides is 1. The Hall–Kier alpha value is -2.70. The number of likely N-dealkylation sites (tertiary alicyclic amines) is 2. The number of rotatable bonds is 5. The van der Waals surface area contributed by atoms with Crippen LogP contribution in [0.2, 0.25) is 0 Å². The van der Waals surface area contributed by atoms with E-state index in [0.717, 1.165) is 56.7 Å². The molecule has 6 nitrogen and oxygen atoms in total. The summed E-state index contributed by atoms with van der Waals surface area (Å²) < 4.78 is 0. The van der Waals surface area contributed by atoms with E-state index in [1.54, 1.807) is 0 Å². The Bertz CT molecular complexity index is 1220. The van der Waals surface area contributed by atoms with Crippen LogP contribution in [0.4, 0.5) is 0 Å². The van der Waals surface area contributed by atoms with Gasteiger partial charge in [0.05, 0.1) is 18.3 Å². The van der Waals surface area contributed by atoms with Crippen molar-refractivity contribution in [1.29, 1.82) is 0 Å². The molecule has 2 aliphatic heterocycles. The number of aromatic amines is 1. The fourth-order valence-electron chi connectivity index (χ4n) is 6.22. The SMILES string of the molecule is Cc1cc(-c2[nH]c3ccc(C4CCN(C(=O)CN5CCCC(O)C5)CC4)cc3c2C(C)C)cc(C)n1. The van der Waals surface area contributed by atoms with Crippen molar-refractivity contribution in [3.63, 3.8) is 0 Å². The Morgan fingerprint density at radius 3 is 2.47 bits per heavy atom. The molecule has 36 heavy (non-hydrogen) atoms. The number of hydrogen-bond acceptors (Lipinski definition) is 4. The molecule has 0 bridgehead atoms. The number of piperidine rings is 2. The van der Waals surface area contributed by atoms with Crippen LogP contribution in [-0.4, -0.2) is 69.6 Å². The Kier molecular flexibility index (Phi) is 7.18. The summed E-state index contributed by atoms with van der Waals surface area (Å²) in [5, 5.41) is 11.2. The van der Waals surface area contributed by atoms with Crippen molar-refractivity contribution in [3.8, 4) is 11.3 Å². The van der Waals surface area contributed by atoms with Crippen LogP contribution >= 0.6 is 0 Å². The number of carbonyl (C=O) groups excluding carboxylic acids is 1. The van der Waals surface area contributed by atoms with Gasteiger partial charge < -0.3 is 15.0 Å². The van der Waals surface area contributed by atoms with Crippen LogP contribution in [0.5, 0.6) is 0 Å². The zero-order valence-electron chi connectivity index (χ0n) is 22.2. The van der Waals surface area contributed by atoms with Crippen LogP contribution in [0.3, 0.4) is 0 Å². The number of aromatic nitrogens is 2. The standard InChI is InChI=1S/C30H40N4O2/c1-19(2)29-26-16-23(7-8-27(26)32-30(29)24-14-20(3)31-21(4)15-24)22-9-12-34(13-10-22)28(36)18-33-11-5-6-25(35)17-33/h7-8,14-16,19,22,25,32,35H,5-6,9-13,17-18H2,1-4H3. The largest absolute Gasteiger partial charge is 0.392 e. The van der Waals surface area contributed by atoms with Crippen molar-refractivity contribution in [2.75, 3.05) is 32.7 Å². The zero-order chi connectivity index (χ0) is 25.4. The number of H-pyrrole nitrogens is 1.